The second-order valence-electron chi connectivity index (χ2n) is 5.16. The molecule has 0 aromatic carbocycles. The third-order valence-corrected chi connectivity index (χ3v) is 3.99. The lowest BCUT2D eigenvalue weighted by molar-refractivity contribution is 0.317. The fraction of sp³-hybridized carbons (Fsp3) is 0.714. The van der Waals surface area contributed by atoms with E-state index in [1.54, 1.807) is 11.3 Å². The monoisotopic (exact) mass is 252 g/mol. The maximum absolute atomic E-state index is 3.57. The Balaban J connectivity index is 1.43. The van der Waals surface area contributed by atoms with Crippen molar-refractivity contribution in [3.63, 3.8) is 0 Å². The van der Waals surface area contributed by atoms with E-state index in [9.17, 15) is 0 Å². The summed E-state index contributed by atoms with van der Waals surface area (Å²) in [5.41, 5.74) is 1.45. The molecule has 17 heavy (non-hydrogen) atoms. The minimum atomic E-state index is 0.872. The van der Waals surface area contributed by atoms with Crippen LogP contribution in [0.1, 0.15) is 37.7 Å². The van der Waals surface area contributed by atoms with Gasteiger partial charge in [-0.05, 0) is 68.2 Å². The topological polar surface area (TPSA) is 15.3 Å². The zero-order chi connectivity index (χ0) is 11.9. The molecule has 0 spiro atoms. The Kier molecular flexibility index (Phi) is 5.49. The van der Waals surface area contributed by atoms with Crippen molar-refractivity contribution in [2.24, 2.45) is 0 Å². The van der Waals surface area contributed by atoms with Gasteiger partial charge in [-0.3, -0.25) is 0 Å². The molecule has 1 aliphatic carbocycles. The highest BCUT2D eigenvalue weighted by Crippen LogP contribution is 2.18. The van der Waals surface area contributed by atoms with Crippen LogP contribution in [-0.4, -0.2) is 31.1 Å². The third kappa shape index (κ3) is 5.66. The van der Waals surface area contributed by atoms with Gasteiger partial charge >= 0.3 is 0 Å². The molecule has 3 heteroatoms. The predicted molar refractivity (Wildman–Crippen MR) is 75.5 cm³/mol. The molecule has 96 valence electrons. The summed E-state index contributed by atoms with van der Waals surface area (Å²) >= 11 is 1.79. The van der Waals surface area contributed by atoms with Crippen LogP contribution >= 0.6 is 11.3 Å². The van der Waals surface area contributed by atoms with E-state index in [-0.39, 0.29) is 0 Å². The van der Waals surface area contributed by atoms with Gasteiger partial charge in [0, 0.05) is 12.6 Å². The van der Waals surface area contributed by atoms with Crippen molar-refractivity contribution in [2.45, 2.75) is 44.7 Å². The van der Waals surface area contributed by atoms with Crippen LogP contribution in [0.3, 0.4) is 0 Å². The minimum Gasteiger partial charge on any atom is -0.314 e. The highest BCUT2D eigenvalue weighted by molar-refractivity contribution is 7.07. The standard InChI is InChI=1S/C14H24N2S/c1-16(11-13-7-10-17-12-13)9-4-2-3-8-15-14-5-6-14/h7,10,12,14-15H,2-6,8-9,11H2,1H3. The second-order valence-corrected chi connectivity index (χ2v) is 5.94. The van der Waals surface area contributed by atoms with Gasteiger partial charge in [0.15, 0.2) is 0 Å². The molecule has 1 aromatic rings. The van der Waals surface area contributed by atoms with Gasteiger partial charge < -0.3 is 10.2 Å². The Morgan fingerprint density at radius 3 is 2.94 bits per heavy atom. The number of hydrogen-bond acceptors (Lipinski definition) is 3. The Bertz CT molecular complexity index is 293. The molecule has 1 aliphatic rings. The minimum absolute atomic E-state index is 0.872. The lowest BCUT2D eigenvalue weighted by Crippen LogP contribution is -2.20. The van der Waals surface area contributed by atoms with E-state index in [4.69, 9.17) is 0 Å². The highest BCUT2D eigenvalue weighted by atomic mass is 32.1. The largest absolute Gasteiger partial charge is 0.314 e. The van der Waals surface area contributed by atoms with Crippen LogP contribution in [0.15, 0.2) is 16.8 Å². The van der Waals surface area contributed by atoms with E-state index in [0.29, 0.717) is 0 Å². The van der Waals surface area contributed by atoms with Crippen LogP contribution in [0.4, 0.5) is 0 Å². The van der Waals surface area contributed by atoms with E-state index in [2.05, 4.69) is 34.1 Å². The van der Waals surface area contributed by atoms with Crippen molar-refractivity contribution in [1.82, 2.24) is 10.2 Å². The summed E-state index contributed by atoms with van der Waals surface area (Å²) in [5, 5.41) is 7.97. The summed E-state index contributed by atoms with van der Waals surface area (Å²) in [7, 11) is 2.22. The summed E-state index contributed by atoms with van der Waals surface area (Å²) < 4.78 is 0. The van der Waals surface area contributed by atoms with Crippen LogP contribution < -0.4 is 5.32 Å². The van der Waals surface area contributed by atoms with E-state index in [1.165, 1.54) is 50.8 Å². The molecular weight excluding hydrogens is 228 g/mol. The number of unbranched alkanes of at least 4 members (excludes halogenated alkanes) is 2. The molecule has 2 rings (SSSR count). The second kappa shape index (κ2) is 7.14. The van der Waals surface area contributed by atoms with E-state index in [0.717, 1.165) is 12.6 Å². The van der Waals surface area contributed by atoms with Gasteiger partial charge in [0.05, 0.1) is 0 Å². The van der Waals surface area contributed by atoms with E-state index < -0.39 is 0 Å². The fourth-order valence-corrected chi connectivity index (χ4v) is 2.71. The number of nitrogens with one attached hydrogen (secondary N) is 1. The smallest absolute Gasteiger partial charge is 0.0238 e. The molecule has 1 fully saturated rings. The Morgan fingerprint density at radius 1 is 1.35 bits per heavy atom. The summed E-state index contributed by atoms with van der Waals surface area (Å²) in [6.07, 6.45) is 6.83. The van der Waals surface area contributed by atoms with Crippen molar-refractivity contribution in [1.29, 1.82) is 0 Å². The molecule has 1 heterocycles. The average Bonchev–Trinajstić information content (AvgIpc) is 3.00. The zero-order valence-corrected chi connectivity index (χ0v) is 11.6. The maximum Gasteiger partial charge on any atom is 0.0238 e. The van der Waals surface area contributed by atoms with Gasteiger partial charge in [0.2, 0.25) is 0 Å². The molecule has 0 unspecified atom stereocenters. The van der Waals surface area contributed by atoms with Crippen LogP contribution in [-0.2, 0) is 6.54 Å². The summed E-state index contributed by atoms with van der Waals surface area (Å²) in [6.45, 7) is 3.54. The fourth-order valence-electron chi connectivity index (χ4n) is 2.05. The molecule has 1 N–H and O–H groups in total. The van der Waals surface area contributed by atoms with Gasteiger partial charge in [0.25, 0.3) is 0 Å². The van der Waals surface area contributed by atoms with Crippen molar-refractivity contribution < 1.29 is 0 Å². The Hall–Kier alpha value is -0.380. The SMILES string of the molecule is CN(CCCCCNC1CC1)Cc1ccsc1. The quantitative estimate of drug-likeness (QED) is 0.679. The molecule has 1 saturated carbocycles. The molecule has 0 bridgehead atoms. The van der Waals surface area contributed by atoms with Gasteiger partial charge in [-0.15, -0.1) is 0 Å². The predicted octanol–water partition coefficient (Wildman–Crippen LogP) is 3.10. The Labute approximate surface area is 109 Å². The van der Waals surface area contributed by atoms with Crippen LogP contribution in [0, 0.1) is 0 Å². The Morgan fingerprint density at radius 2 is 2.24 bits per heavy atom. The highest BCUT2D eigenvalue weighted by Gasteiger charge is 2.19. The van der Waals surface area contributed by atoms with Crippen molar-refractivity contribution in [2.75, 3.05) is 20.1 Å². The van der Waals surface area contributed by atoms with Crippen LogP contribution in [0.25, 0.3) is 0 Å². The summed E-state index contributed by atoms with van der Waals surface area (Å²) in [4.78, 5) is 2.43. The molecule has 0 atom stereocenters. The van der Waals surface area contributed by atoms with E-state index >= 15 is 0 Å². The number of thiophene rings is 1. The van der Waals surface area contributed by atoms with E-state index in [1.807, 2.05) is 0 Å². The van der Waals surface area contributed by atoms with Crippen molar-refractivity contribution >= 4 is 11.3 Å². The molecule has 0 amide bonds. The lowest BCUT2D eigenvalue weighted by Gasteiger charge is -2.15. The van der Waals surface area contributed by atoms with Crippen LogP contribution in [0.5, 0.6) is 0 Å². The third-order valence-electron chi connectivity index (χ3n) is 3.26. The molecule has 0 saturated heterocycles. The molecule has 0 aliphatic heterocycles. The van der Waals surface area contributed by atoms with Gasteiger partial charge in [-0.25, -0.2) is 0 Å². The normalized spacial score (nSPS) is 15.6. The first-order chi connectivity index (χ1) is 8.34. The molecule has 2 nitrogen and oxygen atoms in total. The first-order valence-electron chi connectivity index (χ1n) is 6.77. The van der Waals surface area contributed by atoms with Crippen molar-refractivity contribution in [3.05, 3.63) is 22.4 Å². The first-order valence-corrected chi connectivity index (χ1v) is 7.72. The number of rotatable bonds is 9. The number of nitrogens with zero attached hydrogens (tertiary/aromatic N) is 1. The first kappa shape index (κ1) is 13.1. The lowest BCUT2D eigenvalue weighted by atomic mass is 10.2. The number of hydrogen-bond donors (Lipinski definition) is 1. The summed E-state index contributed by atoms with van der Waals surface area (Å²) in [6, 6.07) is 3.09. The van der Waals surface area contributed by atoms with Gasteiger partial charge in [0.1, 0.15) is 0 Å². The molecule has 0 radical (unpaired) electrons. The maximum atomic E-state index is 3.57. The average molecular weight is 252 g/mol. The summed E-state index contributed by atoms with van der Waals surface area (Å²) in [5.74, 6) is 0. The molecule has 1 aromatic heterocycles. The van der Waals surface area contributed by atoms with Gasteiger partial charge in [-0.2, -0.15) is 11.3 Å². The molecular formula is C14H24N2S. The van der Waals surface area contributed by atoms with Gasteiger partial charge in [-0.1, -0.05) is 6.42 Å². The van der Waals surface area contributed by atoms with Crippen molar-refractivity contribution in [3.8, 4) is 0 Å². The van der Waals surface area contributed by atoms with Crippen LogP contribution in [0.2, 0.25) is 0 Å². The zero-order valence-electron chi connectivity index (χ0n) is 10.8.